The highest BCUT2D eigenvalue weighted by molar-refractivity contribution is 14.1. The minimum Gasteiger partial charge on any atom is -0.481 e. The van der Waals surface area contributed by atoms with Gasteiger partial charge in [-0.3, -0.25) is 4.79 Å². The number of carbonyl (C=O) groups is 2. The lowest BCUT2D eigenvalue weighted by Crippen LogP contribution is -2.19. The molecule has 16 heavy (non-hydrogen) atoms. The first-order chi connectivity index (χ1) is 7.43. The molecule has 0 fully saturated rings. The number of ether oxygens (including phenoxy) is 1. The van der Waals surface area contributed by atoms with Gasteiger partial charge in [-0.05, 0) is 34.7 Å². The maximum absolute atomic E-state index is 10.4. The molecule has 88 valence electrons. The van der Waals surface area contributed by atoms with Crippen LogP contribution in [0.2, 0.25) is 0 Å². The van der Waals surface area contributed by atoms with Gasteiger partial charge in [-0.2, -0.15) is 0 Å². The van der Waals surface area contributed by atoms with Crippen molar-refractivity contribution in [1.29, 1.82) is 0 Å². The second-order valence-corrected chi connectivity index (χ2v) is 3.74. The van der Waals surface area contributed by atoms with Crippen molar-refractivity contribution in [3.8, 4) is 5.75 Å². The van der Waals surface area contributed by atoms with Gasteiger partial charge in [0.05, 0.1) is 0 Å². The summed E-state index contributed by atoms with van der Waals surface area (Å²) in [6, 6.07) is 8.86. The van der Waals surface area contributed by atoms with Gasteiger partial charge in [-0.15, -0.1) is 0 Å². The van der Waals surface area contributed by atoms with E-state index in [2.05, 4.69) is 0 Å². The molecule has 1 aromatic rings. The zero-order valence-corrected chi connectivity index (χ0v) is 10.6. The molecule has 1 unspecified atom stereocenters. The second-order valence-electron chi connectivity index (χ2n) is 2.60. The van der Waals surface area contributed by atoms with Gasteiger partial charge in [0.15, 0.2) is 0 Å². The zero-order chi connectivity index (χ0) is 12.6. The third-order valence-corrected chi connectivity index (χ3v) is 1.96. The SMILES string of the molecule is CC(=O)O.O=C(O)C(I)Oc1ccccc1. The molecular formula is C10H11IO5. The standard InChI is InChI=1S/C8H7IO3.C2H4O2/c9-7(8(10)11)12-6-4-2-1-3-5-6;1-2(3)4/h1-5,7H,(H,10,11);1H3,(H,3,4). The fraction of sp³-hybridized carbons (Fsp3) is 0.200. The van der Waals surface area contributed by atoms with E-state index in [0.29, 0.717) is 5.75 Å². The summed E-state index contributed by atoms with van der Waals surface area (Å²) in [5.74, 6) is -1.24. The van der Waals surface area contributed by atoms with Crippen molar-refractivity contribution >= 4 is 34.5 Å². The zero-order valence-electron chi connectivity index (χ0n) is 8.46. The molecule has 1 aromatic carbocycles. The van der Waals surface area contributed by atoms with E-state index in [1.807, 2.05) is 6.07 Å². The smallest absolute Gasteiger partial charge is 0.355 e. The first-order valence-electron chi connectivity index (χ1n) is 4.21. The molecule has 5 nitrogen and oxygen atoms in total. The maximum atomic E-state index is 10.4. The third-order valence-electron chi connectivity index (χ3n) is 1.18. The average molecular weight is 338 g/mol. The van der Waals surface area contributed by atoms with Crippen molar-refractivity contribution in [2.45, 2.75) is 11.0 Å². The predicted octanol–water partition coefficient (Wildman–Crippen LogP) is 2.00. The van der Waals surface area contributed by atoms with E-state index in [-0.39, 0.29) is 0 Å². The average Bonchev–Trinajstić information content (AvgIpc) is 2.18. The molecule has 0 saturated heterocycles. The van der Waals surface area contributed by atoms with Gasteiger partial charge >= 0.3 is 5.97 Å². The van der Waals surface area contributed by atoms with E-state index in [1.165, 1.54) is 0 Å². The Hall–Kier alpha value is -1.31. The molecule has 0 spiro atoms. The number of halogens is 1. The van der Waals surface area contributed by atoms with Crippen LogP contribution in [0.25, 0.3) is 0 Å². The molecule has 0 heterocycles. The Bertz CT molecular complexity index is 334. The number of hydrogen-bond acceptors (Lipinski definition) is 3. The first-order valence-corrected chi connectivity index (χ1v) is 5.46. The number of para-hydroxylation sites is 1. The topological polar surface area (TPSA) is 83.8 Å². The fourth-order valence-electron chi connectivity index (χ4n) is 0.669. The lowest BCUT2D eigenvalue weighted by atomic mass is 10.3. The van der Waals surface area contributed by atoms with Crippen LogP contribution in [0, 0.1) is 0 Å². The van der Waals surface area contributed by atoms with Gasteiger partial charge in [-0.25, -0.2) is 4.79 Å². The molecule has 0 aliphatic heterocycles. The normalized spacial score (nSPS) is 10.6. The van der Waals surface area contributed by atoms with Crippen LogP contribution in [0.3, 0.4) is 0 Å². The maximum Gasteiger partial charge on any atom is 0.355 e. The van der Waals surface area contributed by atoms with E-state index in [9.17, 15) is 4.79 Å². The van der Waals surface area contributed by atoms with Crippen molar-refractivity contribution in [2.75, 3.05) is 0 Å². The van der Waals surface area contributed by atoms with E-state index >= 15 is 0 Å². The van der Waals surface area contributed by atoms with Crippen LogP contribution < -0.4 is 4.74 Å². The Balaban J connectivity index is 0.000000487. The summed E-state index contributed by atoms with van der Waals surface area (Å²) in [5.41, 5.74) is 0. The van der Waals surface area contributed by atoms with E-state index in [1.54, 1.807) is 46.9 Å². The molecule has 6 heteroatoms. The van der Waals surface area contributed by atoms with Crippen LogP contribution in [0.15, 0.2) is 30.3 Å². The van der Waals surface area contributed by atoms with Crippen LogP contribution in [0.1, 0.15) is 6.92 Å². The van der Waals surface area contributed by atoms with E-state index in [4.69, 9.17) is 19.7 Å². The summed E-state index contributed by atoms with van der Waals surface area (Å²) in [5, 5.41) is 15.9. The van der Waals surface area contributed by atoms with Gasteiger partial charge < -0.3 is 14.9 Å². The van der Waals surface area contributed by atoms with Gasteiger partial charge in [0, 0.05) is 6.92 Å². The van der Waals surface area contributed by atoms with Crippen LogP contribution in [0.4, 0.5) is 0 Å². The Kier molecular flexibility index (Phi) is 7.27. The highest BCUT2D eigenvalue weighted by atomic mass is 127. The molecule has 1 rings (SSSR count). The van der Waals surface area contributed by atoms with Gasteiger partial charge in [0.2, 0.25) is 4.11 Å². The molecule has 0 bridgehead atoms. The lowest BCUT2D eigenvalue weighted by molar-refractivity contribution is -0.140. The number of alkyl halides is 1. The molecule has 1 atom stereocenters. The van der Waals surface area contributed by atoms with Crippen LogP contribution in [0.5, 0.6) is 5.75 Å². The number of carboxylic acids is 2. The largest absolute Gasteiger partial charge is 0.481 e. The second kappa shape index (κ2) is 7.91. The highest BCUT2D eigenvalue weighted by Gasteiger charge is 2.13. The number of rotatable bonds is 3. The fourth-order valence-corrected chi connectivity index (χ4v) is 0.963. The molecule has 0 aliphatic carbocycles. The van der Waals surface area contributed by atoms with Crippen molar-refractivity contribution in [2.24, 2.45) is 0 Å². The third kappa shape index (κ3) is 8.04. The molecule has 2 N–H and O–H groups in total. The van der Waals surface area contributed by atoms with Crippen LogP contribution in [-0.2, 0) is 9.59 Å². The minimum absolute atomic E-state index is 0.569. The Morgan fingerprint density at radius 1 is 1.25 bits per heavy atom. The predicted molar refractivity (Wildman–Crippen MR) is 65.8 cm³/mol. The molecule has 0 saturated carbocycles. The summed E-state index contributed by atoms with van der Waals surface area (Å²) in [4.78, 5) is 19.4. The Morgan fingerprint density at radius 3 is 2.06 bits per heavy atom. The van der Waals surface area contributed by atoms with Gasteiger partial charge in [-0.1, -0.05) is 18.2 Å². The number of hydrogen-bond donors (Lipinski definition) is 2. The quantitative estimate of drug-likeness (QED) is 0.651. The summed E-state index contributed by atoms with van der Waals surface area (Å²) < 4.78 is 4.23. The lowest BCUT2D eigenvalue weighted by Gasteiger charge is -2.07. The summed E-state index contributed by atoms with van der Waals surface area (Å²) >= 11 is 1.71. The van der Waals surface area contributed by atoms with Crippen molar-refractivity contribution in [3.05, 3.63) is 30.3 Å². The highest BCUT2D eigenvalue weighted by Crippen LogP contribution is 2.13. The van der Waals surface area contributed by atoms with Crippen LogP contribution >= 0.6 is 22.6 Å². The van der Waals surface area contributed by atoms with E-state index in [0.717, 1.165) is 6.92 Å². The monoisotopic (exact) mass is 338 g/mol. The minimum atomic E-state index is -0.973. The molecule has 0 amide bonds. The summed E-state index contributed by atoms with van der Waals surface area (Å²) in [7, 11) is 0. The van der Waals surface area contributed by atoms with Crippen molar-refractivity contribution in [1.82, 2.24) is 0 Å². The number of benzene rings is 1. The summed E-state index contributed by atoms with van der Waals surface area (Å²) in [6.45, 7) is 1.08. The summed E-state index contributed by atoms with van der Waals surface area (Å²) in [6.07, 6.45) is 0. The molecular weight excluding hydrogens is 327 g/mol. The Labute approximate surface area is 106 Å². The molecule has 0 aliphatic rings. The van der Waals surface area contributed by atoms with Crippen molar-refractivity contribution in [3.63, 3.8) is 0 Å². The van der Waals surface area contributed by atoms with E-state index < -0.39 is 16.0 Å². The van der Waals surface area contributed by atoms with Gasteiger partial charge in [0.25, 0.3) is 5.97 Å². The van der Waals surface area contributed by atoms with Crippen LogP contribution in [-0.4, -0.2) is 26.3 Å². The van der Waals surface area contributed by atoms with Crippen molar-refractivity contribution < 1.29 is 24.5 Å². The number of carboxylic acid groups (broad SMARTS) is 2. The molecule has 0 radical (unpaired) electrons. The van der Waals surface area contributed by atoms with Gasteiger partial charge in [0.1, 0.15) is 5.75 Å². The Morgan fingerprint density at radius 2 is 1.69 bits per heavy atom. The first kappa shape index (κ1) is 14.7. The molecule has 0 aromatic heterocycles. The number of aliphatic carboxylic acids is 2.